The van der Waals surface area contributed by atoms with E-state index < -0.39 is 42.2 Å². The fourth-order valence-electron chi connectivity index (χ4n) is 12.3. The van der Waals surface area contributed by atoms with Crippen LogP contribution in [0.4, 0.5) is 37.1 Å². The van der Waals surface area contributed by atoms with Gasteiger partial charge in [-0.05, 0) is 171 Å². The third-order valence-corrected chi connectivity index (χ3v) is 18.6. The molecule has 0 spiro atoms. The number of aromatic nitrogens is 3. The molecule has 8 aromatic carbocycles. The average molecular weight is 1650 g/mol. The fraction of sp³-hybridized carbons (Fsp3) is 0.318. The summed E-state index contributed by atoms with van der Waals surface area (Å²) in [5.74, 6) is 0. The number of nitrogens with two attached hydrogens (primary N) is 1. The second-order valence-corrected chi connectivity index (χ2v) is 31.1. The summed E-state index contributed by atoms with van der Waals surface area (Å²) in [4.78, 5) is 56.7. The summed E-state index contributed by atoms with van der Waals surface area (Å²) in [7, 11) is -1.56. The predicted molar refractivity (Wildman–Crippen MR) is 446 cm³/mol. The van der Waals surface area contributed by atoms with Gasteiger partial charge in [0.25, 0.3) is 0 Å². The van der Waals surface area contributed by atoms with E-state index in [0.29, 0.717) is 21.9 Å². The third-order valence-electron chi connectivity index (χ3n) is 17.4. The van der Waals surface area contributed by atoms with Crippen LogP contribution in [0.1, 0.15) is 79.4 Å². The van der Waals surface area contributed by atoms with Gasteiger partial charge in [0.2, 0.25) is 0 Å². The number of benzene rings is 8. The first-order valence-corrected chi connectivity index (χ1v) is 38.0. The van der Waals surface area contributed by atoms with Crippen molar-refractivity contribution in [2.24, 2.45) is 0 Å². The molecule has 578 valence electrons. The van der Waals surface area contributed by atoms with Gasteiger partial charge in [-0.15, -0.1) is 0 Å². The standard InChI is InChI=1S/C25H29N3O3.C20H21N3O.C15H18BNO4.C15H16BrNO2.C10H13BrN2O.Na.H2O/c1-25(2,3)31-24(29)27-23-11-10-20(21-6-4-5-7-22(21)23)18-8-9-19(26-16-18)17-28-12-14-30-15-13-28;21-20-8-7-17(18-3-1-2-4-19(18)20)15-5-6-16(22-13-15)14-23-9-11-24-12-10-23;1-15(2,3)21-14(18)17-13-9-8-12(16(19)20)10-6-4-5-7-11(10)13;1-15(2,3)19-14(18)17-13-9-8-12(16)10-6-4-5-7-11(10)13;11-9-1-2-10(12-7-9)8-13-3-5-14-6-4-13;;/h4-11,16H,12-15,17H2,1-3H3,(H,27,29);1-8,13H,9-12,14,21H2;4-9,19-20H,1-3H3,(H,17,18);4-9H,1-3H3,(H,17,18);1-2,7H,3-6,8H2;;1H2/q;;;;;+1;/p-1. The number of hydrogen-bond donors (Lipinski definition) is 6. The number of rotatable bonds is 12. The Labute approximate surface area is 689 Å². The summed E-state index contributed by atoms with van der Waals surface area (Å²) in [6, 6.07) is 58.9. The van der Waals surface area contributed by atoms with Crippen LogP contribution in [-0.4, -0.2) is 166 Å². The fourth-order valence-corrected chi connectivity index (χ4v) is 13.0. The molecule has 3 aromatic heterocycles. The number of hydrogen-bond acceptors (Lipinski definition) is 19. The predicted octanol–water partition coefficient (Wildman–Crippen LogP) is 13.7. The Morgan fingerprint density at radius 1 is 0.423 bits per heavy atom. The van der Waals surface area contributed by atoms with Crippen LogP contribution in [0.15, 0.2) is 210 Å². The van der Waals surface area contributed by atoms with Crippen LogP contribution in [0.3, 0.4) is 0 Å². The summed E-state index contributed by atoms with van der Waals surface area (Å²) in [6.45, 7) is 29.8. The quantitative estimate of drug-likeness (QED) is 0.0376. The molecule has 22 nitrogen and oxygen atoms in total. The van der Waals surface area contributed by atoms with Crippen LogP contribution in [0.25, 0.3) is 65.3 Å². The van der Waals surface area contributed by atoms with Crippen molar-refractivity contribution in [3.8, 4) is 22.3 Å². The van der Waals surface area contributed by atoms with Gasteiger partial charge >= 0.3 is 55.0 Å². The number of amides is 3. The number of ether oxygens (including phenoxy) is 6. The molecule has 3 aliphatic rings. The monoisotopic (exact) mass is 1640 g/mol. The van der Waals surface area contributed by atoms with E-state index in [-0.39, 0.29) is 35.0 Å². The minimum atomic E-state index is -1.56. The van der Waals surface area contributed by atoms with Crippen molar-refractivity contribution in [2.45, 2.75) is 98.8 Å². The third kappa shape index (κ3) is 27.1. The maximum Gasteiger partial charge on any atom is 1.00 e. The zero-order valence-electron chi connectivity index (χ0n) is 64.8. The molecule has 3 amide bonds. The Morgan fingerprint density at radius 2 is 0.748 bits per heavy atom. The van der Waals surface area contributed by atoms with E-state index >= 15 is 0 Å². The van der Waals surface area contributed by atoms with E-state index in [4.69, 9.17) is 39.1 Å². The van der Waals surface area contributed by atoms with Crippen LogP contribution in [0.2, 0.25) is 0 Å². The molecule has 0 bridgehead atoms. The molecule has 0 radical (unpaired) electrons. The van der Waals surface area contributed by atoms with Gasteiger partial charge in [0, 0.05) is 125 Å². The molecule has 8 N–H and O–H groups in total. The Bertz CT molecular complexity index is 4840. The van der Waals surface area contributed by atoms with Gasteiger partial charge in [-0.1, -0.05) is 143 Å². The van der Waals surface area contributed by atoms with Crippen LogP contribution in [-0.2, 0) is 48.1 Å². The Morgan fingerprint density at radius 3 is 1.13 bits per heavy atom. The molecule has 11 aromatic rings. The van der Waals surface area contributed by atoms with E-state index in [1.165, 1.54) is 10.9 Å². The van der Waals surface area contributed by atoms with Gasteiger partial charge in [0.1, 0.15) is 16.8 Å². The van der Waals surface area contributed by atoms with Gasteiger partial charge in [0.05, 0.1) is 73.8 Å². The smallest absolute Gasteiger partial charge is 0.870 e. The van der Waals surface area contributed by atoms with Crippen LogP contribution < -0.4 is 56.7 Å². The Balaban J connectivity index is 0.000000177. The van der Waals surface area contributed by atoms with Crippen molar-refractivity contribution < 1.29 is 87.9 Å². The van der Waals surface area contributed by atoms with Crippen molar-refractivity contribution in [1.29, 1.82) is 0 Å². The van der Waals surface area contributed by atoms with E-state index in [1.807, 2.05) is 157 Å². The van der Waals surface area contributed by atoms with E-state index in [2.05, 4.69) is 127 Å². The van der Waals surface area contributed by atoms with Crippen LogP contribution >= 0.6 is 31.9 Å². The Kier molecular flexibility index (Phi) is 33.2. The number of fused-ring (bicyclic) bond motifs is 4. The summed E-state index contributed by atoms with van der Waals surface area (Å²) in [6.07, 6.45) is 4.28. The number of anilines is 4. The van der Waals surface area contributed by atoms with Crippen molar-refractivity contribution in [2.75, 3.05) is 101 Å². The molecular weight excluding hydrogens is 1550 g/mol. The van der Waals surface area contributed by atoms with E-state index in [0.717, 1.165) is 185 Å². The Hall–Kier alpha value is -8.48. The van der Waals surface area contributed by atoms with Gasteiger partial charge in [-0.3, -0.25) is 45.6 Å². The van der Waals surface area contributed by atoms with Crippen molar-refractivity contribution in [3.05, 3.63) is 227 Å². The number of carbonyl (C=O) groups is 3. The number of pyridine rings is 3. The number of carbonyl (C=O) groups excluding carboxylic acids is 3. The molecule has 0 saturated carbocycles. The van der Waals surface area contributed by atoms with Crippen molar-refractivity contribution >= 4 is 129 Å². The number of nitrogen functional groups attached to an aromatic ring is 1. The molecule has 3 fully saturated rings. The summed E-state index contributed by atoms with van der Waals surface area (Å²) < 4.78 is 34.0. The molecule has 26 heteroatoms. The minimum Gasteiger partial charge on any atom is -0.870 e. The van der Waals surface area contributed by atoms with Crippen molar-refractivity contribution in [3.63, 3.8) is 0 Å². The minimum absolute atomic E-state index is 0. The SMILES string of the molecule is Brc1ccc(CN2CCOCC2)nc1.CC(C)(C)OC(=O)Nc1ccc(-c2ccc(CN3CCOCC3)nc2)c2ccccc12.CC(C)(C)OC(=O)Nc1ccc(B(O)O)c2ccccc12.CC(C)(C)OC(=O)Nc1ccc(Br)c2ccccc12.Nc1ccc(-c2ccc(CN3CCOCC3)nc2)c2ccccc12.[Na+].[OH-]. The van der Waals surface area contributed by atoms with Gasteiger partial charge in [-0.25, -0.2) is 14.4 Å². The molecule has 14 rings (SSSR count). The molecule has 0 aliphatic carbocycles. The first kappa shape index (κ1) is 88.1. The largest absolute Gasteiger partial charge is 1.00 e. The van der Waals surface area contributed by atoms with Crippen molar-refractivity contribution in [1.82, 2.24) is 29.7 Å². The molecule has 0 unspecified atom stereocenters. The second kappa shape index (κ2) is 41.9. The zero-order valence-corrected chi connectivity index (χ0v) is 69.9. The van der Waals surface area contributed by atoms with Crippen LogP contribution in [0, 0.1) is 0 Å². The number of morpholine rings is 3. The first-order chi connectivity index (χ1) is 52.2. The maximum absolute atomic E-state index is 12.3. The van der Waals surface area contributed by atoms with Gasteiger partial charge in [0.15, 0.2) is 0 Å². The van der Waals surface area contributed by atoms with Gasteiger partial charge < -0.3 is 49.7 Å². The first-order valence-electron chi connectivity index (χ1n) is 36.4. The van der Waals surface area contributed by atoms with E-state index in [1.54, 1.807) is 51.1 Å². The maximum atomic E-state index is 12.3. The molecule has 6 heterocycles. The second-order valence-electron chi connectivity index (χ2n) is 29.3. The van der Waals surface area contributed by atoms with E-state index in [9.17, 15) is 24.4 Å². The number of nitrogens with one attached hydrogen (secondary N) is 3. The van der Waals surface area contributed by atoms with Crippen LogP contribution in [0.5, 0.6) is 0 Å². The number of halogens is 2. The normalized spacial score (nSPS) is 14.0. The average Bonchev–Trinajstić information content (AvgIpc) is 0.803. The number of nitrogens with zero attached hydrogens (tertiary/aromatic N) is 6. The molecule has 111 heavy (non-hydrogen) atoms. The van der Waals surface area contributed by atoms with Gasteiger partial charge in [-0.2, -0.15) is 0 Å². The molecular formula is C85H98BBr2N10NaO12. The summed E-state index contributed by atoms with van der Waals surface area (Å²) in [5.41, 5.74) is 15.4. The topological polar surface area (TPSA) is 288 Å². The summed E-state index contributed by atoms with van der Waals surface area (Å²) in [5, 5.41) is 34.8. The molecule has 3 saturated heterocycles. The zero-order chi connectivity index (χ0) is 77.7. The molecule has 0 atom stereocenters. The molecule has 3 aliphatic heterocycles. The summed E-state index contributed by atoms with van der Waals surface area (Å²) >= 11 is 6.88.